The first kappa shape index (κ1) is 14.5. The van der Waals surface area contributed by atoms with Crippen LogP contribution in [0.4, 0.5) is 4.79 Å². The fraction of sp³-hybridized carbons (Fsp3) is 0.455. The highest BCUT2D eigenvalue weighted by Crippen LogP contribution is 2.08. The number of carbonyl (C=O) groups excluding carboxylic acids is 1. The quantitative estimate of drug-likeness (QED) is 0.712. The molecule has 3 N–H and O–H groups in total. The van der Waals surface area contributed by atoms with Gasteiger partial charge >= 0.3 is 12.0 Å². The second-order valence-corrected chi connectivity index (χ2v) is 4.62. The molecule has 0 saturated heterocycles. The maximum absolute atomic E-state index is 11.7. The molecule has 0 aliphatic carbocycles. The number of hydrogen-bond acceptors (Lipinski definition) is 4. The van der Waals surface area contributed by atoms with E-state index in [0.29, 0.717) is 6.54 Å². The number of thiophene rings is 1. The highest BCUT2D eigenvalue weighted by atomic mass is 32.1. The van der Waals surface area contributed by atoms with Crippen LogP contribution in [0.2, 0.25) is 0 Å². The van der Waals surface area contributed by atoms with Crippen molar-refractivity contribution in [1.82, 2.24) is 10.2 Å². The van der Waals surface area contributed by atoms with Gasteiger partial charge in [0.25, 0.3) is 0 Å². The maximum atomic E-state index is 11.7. The molecule has 2 amide bonds. The molecule has 1 aromatic heterocycles. The standard InChI is InChI=1S/C11H16N2O4S/c1-13(6-8-3-5-18-7-8)11(17)12-9(2-4-14)10(15)16/h3,5,7,9,14H,2,4,6H2,1H3,(H,12,17)(H,15,16). The van der Waals surface area contributed by atoms with Crippen molar-refractivity contribution in [3.05, 3.63) is 22.4 Å². The van der Waals surface area contributed by atoms with Gasteiger partial charge in [-0.3, -0.25) is 0 Å². The van der Waals surface area contributed by atoms with Gasteiger partial charge in [-0.1, -0.05) is 0 Å². The summed E-state index contributed by atoms with van der Waals surface area (Å²) in [5.74, 6) is -1.15. The number of aliphatic carboxylic acids is 1. The van der Waals surface area contributed by atoms with E-state index in [4.69, 9.17) is 10.2 Å². The van der Waals surface area contributed by atoms with Gasteiger partial charge in [-0.05, 0) is 22.4 Å². The number of aliphatic hydroxyl groups is 1. The predicted octanol–water partition coefficient (Wildman–Crippen LogP) is 0.725. The van der Waals surface area contributed by atoms with Crippen LogP contribution in [0.1, 0.15) is 12.0 Å². The number of carboxylic acids is 1. The zero-order chi connectivity index (χ0) is 13.5. The lowest BCUT2D eigenvalue weighted by Crippen LogP contribution is -2.46. The van der Waals surface area contributed by atoms with Crippen LogP contribution in [-0.4, -0.2) is 46.8 Å². The molecule has 1 unspecified atom stereocenters. The Morgan fingerprint density at radius 3 is 2.78 bits per heavy atom. The van der Waals surface area contributed by atoms with E-state index in [1.165, 1.54) is 16.2 Å². The molecular formula is C11H16N2O4S. The van der Waals surface area contributed by atoms with E-state index in [0.717, 1.165) is 5.56 Å². The van der Waals surface area contributed by atoms with Crippen LogP contribution in [0.15, 0.2) is 16.8 Å². The molecule has 0 bridgehead atoms. The van der Waals surface area contributed by atoms with Gasteiger partial charge < -0.3 is 20.4 Å². The first-order chi connectivity index (χ1) is 8.54. The summed E-state index contributed by atoms with van der Waals surface area (Å²) in [5.41, 5.74) is 0.992. The Kier molecular flexibility index (Phi) is 5.60. The monoisotopic (exact) mass is 272 g/mol. The van der Waals surface area contributed by atoms with Crippen LogP contribution < -0.4 is 5.32 Å². The summed E-state index contributed by atoms with van der Waals surface area (Å²) in [4.78, 5) is 24.0. The average molecular weight is 272 g/mol. The van der Waals surface area contributed by atoms with Crippen molar-refractivity contribution in [2.45, 2.75) is 19.0 Å². The van der Waals surface area contributed by atoms with Crippen molar-refractivity contribution in [2.24, 2.45) is 0 Å². The van der Waals surface area contributed by atoms with Gasteiger partial charge in [0.15, 0.2) is 0 Å². The molecule has 100 valence electrons. The summed E-state index contributed by atoms with van der Waals surface area (Å²) in [5, 5.41) is 23.8. The van der Waals surface area contributed by atoms with Crippen molar-refractivity contribution >= 4 is 23.3 Å². The van der Waals surface area contributed by atoms with Gasteiger partial charge in [0, 0.05) is 26.6 Å². The number of nitrogens with one attached hydrogen (secondary N) is 1. The summed E-state index contributed by atoms with van der Waals surface area (Å²) >= 11 is 1.53. The zero-order valence-electron chi connectivity index (χ0n) is 10.00. The molecule has 0 radical (unpaired) electrons. The molecule has 0 saturated carbocycles. The van der Waals surface area contributed by atoms with E-state index in [9.17, 15) is 9.59 Å². The molecule has 1 atom stereocenters. The fourth-order valence-corrected chi connectivity index (χ4v) is 2.03. The normalized spacial score (nSPS) is 11.9. The summed E-state index contributed by atoms with van der Waals surface area (Å²) in [6, 6.07) is 0.367. The molecular weight excluding hydrogens is 256 g/mol. The minimum absolute atomic E-state index is 0.00658. The van der Waals surface area contributed by atoms with E-state index in [1.54, 1.807) is 7.05 Å². The van der Waals surface area contributed by atoms with Gasteiger partial charge in [-0.15, -0.1) is 0 Å². The Bertz CT molecular complexity index is 394. The van der Waals surface area contributed by atoms with E-state index < -0.39 is 18.0 Å². The third-order valence-electron chi connectivity index (χ3n) is 2.36. The summed E-state index contributed by atoms with van der Waals surface area (Å²) in [6.07, 6.45) is -0.00658. The number of rotatable bonds is 6. The zero-order valence-corrected chi connectivity index (χ0v) is 10.8. The molecule has 7 heteroatoms. The first-order valence-electron chi connectivity index (χ1n) is 5.41. The Morgan fingerprint density at radius 1 is 1.56 bits per heavy atom. The average Bonchev–Trinajstić information content (AvgIpc) is 2.80. The van der Waals surface area contributed by atoms with Crippen LogP contribution in [0.25, 0.3) is 0 Å². The third-order valence-corrected chi connectivity index (χ3v) is 3.09. The van der Waals surface area contributed by atoms with Gasteiger partial charge in [0.2, 0.25) is 0 Å². The van der Waals surface area contributed by atoms with Crippen molar-refractivity contribution in [1.29, 1.82) is 0 Å². The number of aliphatic hydroxyl groups excluding tert-OH is 1. The Morgan fingerprint density at radius 2 is 2.28 bits per heavy atom. The Balaban J connectivity index is 2.50. The SMILES string of the molecule is CN(Cc1ccsc1)C(=O)NC(CCO)C(=O)O. The summed E-state index contributed by atoms with van der Waals surface area (Å²) < 4.78 is 0. The molecule has 0 fully saturated rings. The first-order valence-corrected chi connectivity index (χ1v) is 6.35. The molecule has 1 heterocycles. The minimum atomic E-state index is -1.15. The number of amides is 2. The predicted molar refractivity (Wildman–Crippen MR) is 67.4 cm³/mol. The lowest BCUT2D eigenvalue weighted by molar-refractivity contribution is -0.139. The number of nitrogens with zero attached hydrogens (tertiary/aromatic N) is 1. The minimum Gasteiger partial charge on any atom is -0.480 e. The number of urea groups is 1. The molecule has 0 spiro atoms. The van der Waals surface area contributed by atoms with Gasteiger partial charge in [0.05, 0.1) is 0 Å². The topological polar surface area (TPSA) is 89.9 Å². The van der Waals surface area contributed by atoms with Crippen LogP contribution in [0, 0.1) is 0 Å². The Labute approximate surface area is 109 Å². The molecule has 0 aliphatic rings. The lowest BCUT2D eigenvalue weighted by atomic mass is 10.2. The molecule has 18 heavy (non-hydrogen) atoms. The highest BCUT2D eigenvalue weighted by molar-refractivity contribution is 7.07. The van der Waals surface area contributed by atoms with Crippen LogP contribution in [0.5, 0.6) is 0 Å². The van der Waals surface area contributed by atoms with E-state index in [-0.39, 0.29) is 13.0 Å². The second-order valence-electron chi connectivity index (χ2n) is 3.84. The number of hydrogen-bond donors (Lipinski definition) is 3. The van der Waals surface area contributed by atoms with E-state index in [1.807, 2.05) is 16.8 Å². The smallest absolute Gasteiger partial charge is 0.326 e. The summed E-state index contributed by atoms with van der Waals surface area (Å²) in [6.45, 7) is 0.131. The van der Waals surface area contributed by atoms with Crippen molar-refractivity contribution < 1.29 is 19.8 Å². The Hall–Kier alpha value is -1.60. The molecule has 1 aromatic rings. The van der Waals surface area contributed by atoms with Crippen LogP contribution in [-0.2, 0) is 11.3 Å². The van der Waals surface area contributed by atoms with E-state index >= 15 is 0 Å². The summed E-state index contributed by atoms with van der Waals surface area (Å²) in [7, 11) is 1.59. The molecule has 1 rings (SSSR count). The van der Waals surface area contributed by atoms with Gasteiger partial charge in [-0.25, -0.2) is 9.59 Å². The van der Waals surface area contributed by atoms with Crippen LogP contribution >= 0.6 is 11.3 Å². The van der Waals surface area contributed by atoms with E-state index in [2.05, 4.69) is 5.32 Å². The van der Waals surface area contributed by atoms with Crippen molar-refractivity contribution in [2.75, 3.05) is 13.7 Å². The highest BCUT2D eigenvalue weighted by Gasteiger charge is 2.21. The molecule has 0 aromatic carbocycles. The van der Waals surface area contributed by atoms with Gasteiger partial charge in [0.1, 0.15) is 6.04 Å². The largest absolute Gasteiger partial charge is 0.480 e. The molecule has 0 aliphatic heterocycles. The van der Waals surface area contributed by atoms with Gasteiger partial charge in [-0.2, -0.15) is 11.3 Å². The fourth-order valence-electron chi connectivity index (χ4n) is 1.37. The third kappa shape index (κ3) is 4.34. The van der Waals surface area contributed by atoms with Crippen molar-refractivity contribution in [3.63, 3.8) is 0 Å². The lowest BCUT2D eigenvalue weighted by Gasteiger charge is -2.20. The maximum Gasteiger partial charge on any atom is 0.326 e. The molecule has 6 nitrogen and oxygen atoms in total. The second kappa shape index (κ2) is 6.97. The number of carboxylic acid groups (broad SMARTS) is 1. The number of carbonyl (C=O) groups is 2. The van der Waals surface area contributed by atoms with Crippen molar-refractivity contribution in [3.8, 4) is 0 Å². The van der Waals surface area contributed by atoms with Crippen LogP contribution in [0.3, 0.4) is 0 Å².